The summed E-state index contributed by atoms with van der Waals surface area (Å²) in [4.78, 5) is 8.03. The predicted molar refractivity (Wildman–Crippen MR) is 49.6 cm³/mol. The summed E-state index contributed by atoms with van der Waals surface area (Å²) in [6.07, 6.45) is 3.25. The average Bonchev–Trinajstić information content (AvgIpc) is 2.53. The van der Waals surface area contributed by atoms with E-state index in [1.54, 1.807) is 18.5 Å². The predicted octanol–water partition coefficient (Wildman–Crippen LogP) is 1.48. The Bertz CT molecular complexity index is 411. The minimum Gasteiger partial charge on any atom is -0.381 e. The van der Waals surface area contributed by atoms with E-state index in [0.717, 1.165) is 4.47 Å². The molecule has 0 saturated carbocycles. The topological polar surface area (TPSA) is 77.8 Å². The molecule has 6 heteroatoms. The lowest BCUT2D eigenvalue weighted by Crippen LogP contribution is -1.85. The molecular weight excluding hydrogens is 236 g/mol. The van der Waals surface area contributed by atoms with Crippen molar-refractivity contribution in [3.05, 3.63) is 22.9 Å². The third kappa shape index (κ3) is 1.67. The molecule has 66 valence electrons. The Morgan fingerprint density at radius 1 is 1.31 bits per heavy atom. The quantitative estimate of drug-likeness (QED) is 0.817. The van der Waals surface area contributed by atoms with E-state index in [0.29, 0.717) is 17.4 Å². The van der Waals surface area contributed by atoms with Crippen LogP contribution in [0.25, 0.3) is 11.6 Å². The van der Waals surface area contributed by atoms with E-state index < -0.39 is 0 Å². The number of nitrogen functional groups attached to an aromatic ring is 1. The molecule has 0 aliphatic carbocycles. The third-order valence-corrected chi connectivity index (χ3v) is 1.78. The van der Waals surface area contributed by atoms with E-state index >= 15 is 0 Å². The van der Waals surface area contributed by atoms with Gasteiger partial charge in [0.2, 0.25) is 5.76 Å². The normalized spacial score (nSPS) is 10.2. The molecule has 0 fully saturated rings. The van der Waals surface area contributed by atoms with Crippen LogP contribution in [0.3, 0.4) is 0 Å². The van der Waals surface area contributed by atoms with Crippen LogP contribution in [0.5, 0.6) is 0 Å². The van der Waals surface area contributed by atoms with E-state index in [1.807, 2.05) is 0 Å². The lowest BCUT2D eigenvalue weighted by molar-refractivity contribution is 0.433. The van der Waals surface area contributed by atoms with Crippen molar-refractivity contribution in [2.45, 2.75) is 0 Å². The van der Waals surface area contributed by atoms with Crippen LogP contribution in [0, 0.1) is 0 Å². The molecule has 0 atom stereocenters. The van der Waals surface area contributed by atoms with Crippen molar-refractivity contribution in [1.82, 2.24) is 15.1 Å². The smallest absolute Gasteiger partial charge is 0.206 e. The van der Waals surface area contributed by atoms with Crippen LogP contribution < -0.4 is 5.73 Å². The Morgan fingerprint density at radius 2 is 2.00 bits per heavy atom. The zero-order chi connectivity index (χ0) is 9.26. The van der Waals surface area contributed by atoms with Crippen LogP contribution in [-0.4, -0.2) is 15.1 Å². The molecule has 0 radical (unpaired) electrons. The fourth-order valence-electron chi connectivity index (χ4n) is 0.834. The van der Waals surface area contributed by atoms with Crippen molar-refractivity contribution in [2.24, 2.45) is 0 Å². The van der Waals surface area contributed by atoms with Gasteiger partial charge in [0.05, 0.1) is 4.47 Å². The first-order valence-corrected chi connectivity index (χ1v) is 4.25. The van der Waals surface area contributed by atoms with Crippen LogP contribution in [0.2, 0.25) is 0 Å². The van der Waals surface area contributed by atoms with Gasteiger partial charge in [0.1, 0.15) is 0 Å². The fraction of sp³-hybridized carbons (Fsp3) is 0. The number of nitrogens with two attached hydrogens (primary N) is 1. The SMILES string of the molecule is Nc1cc(-c2ncc(Br)cn2)on1. The molecule has 0 aromatic carbocycles. The number of halogens is 1. The Kier molecular flexibility index (Phi) is 1.97. The van der Waals surface area contributed by atoms with Gasteiger partial charge in [-0.3, -0.25) is 0 Å². The zero-order valence-corrected chi connectivity index (χ0v) is 8.02. The standard InChI is InChI=1S/C7H5BrN4O/c8-4-2-10-7(11-3-4)5-1-6(9)12-13-5/h1-3H,(H2,9,12). The average molecular weight is 241 g/mol. The fourth-order valence-corrected chi connectivity index (χ4v) is 1.04. The van der Waals surface area contributed by atoms with Gasteiger partial charge in [-0.15, -0.1) is 0 Å². The summed E-state index contributed by atoms with van der Waals surface area (Å²) in [5, 5.41) is 3.53. The maximum Gasteiger partial charge on any atom is 0.206 e. The molecule has 0 aliphatic rings. The number of nitrogens with zero attached hydrogens (tertiary/aromatic N) is 3. The van der Waals surface area contributed by atoms with Crippen molar-refractivity contribution >= 4 is 21.7 Å². The number of anilines is 1. The van der Waals surface area contributed by atoms with Gasteiger partial charge in [0.15, 0.2) is 11.6 Å². The van der Waals surface area contributed by atoms with E-state index in [-0.39, 0.29) is 0 Å². The molecule has 0 saturated heterocycles. The van der Waals surface area contributed by atoms with Crippen LogP contribution in [0.1, 0.15) is 0 Å². The monoisotopic (exact) mass is 240 g/mol. The molecule has 0 amide bonds. The summed E-state index contributed by atoms with van der Waals surface area (Å²) in [5.74, 6) is 1.25. The zero-order valence-electron chi connectivity index (χ0n) is 6.44. The summed E-state index contributed by atoms with van der Waals surface area (Å²) < 4.78 is 5.68. The van der Waals surface area contributed by atoms with E-state index in [9.17, 15) is 0 Å². The molecule has 5 nitrogen and oxygen atoms in total. The molecule has 2 N–H and O–H groups in total. The molecular formula is C7H5BrN4O. The molecule has 2 aromatic rings. The number of rotatable bonds is 1. The molecule has 0 unspecified atom stereocenters. The third-order valence-electron chi connectivity index (χ3n) is 1.37. The Hall–Kier alpha value is -1.43. The lowest BCUT2D eigenvalue weighted by Gasteiger charge is -1.91. The van der Waals surface area contributed by atoms with Gasteiger partial charge in [-0.05, 0) is 15.9 Å². The van der Waals surface area contributed by atoms with Gasteiger partial charge in [-0.1, -0.05) is 5.16 Å². The molecule has 2 aromatic heterocycles. The Labute approximate surface area is 82.1 Å². The number of hydrogen-bond donors (Lipinski definition) is 1. The Balaban J connectivity index is 2.41. The molecule has 0 aliphatic heterocycles. The number of aromatic nitrogens is 3. The van der Waals surface area contributed by atoms with Gasteiger partial charge in [0.25, 0.3) is 0 Å². The van der Waals surface area contributed by atoms with Gasteiger partial charge >= 0.3 is 0 Å². The molecule has 2 heterocycles. The molecule has 2 rings (SSSR count). The van der Waals surface area contributed by atoms with Crippen LogP contribution in [0.15, 0.2) is 27.5 Å². The summed E-state index contributed by atoms with van der Waals surface area (Å²) in [5.41, 5.74) is 5.38. The van der Waals surface area contributed by atoms with Crippen molar-refractivity contribution in [3.8, 4) is 11.6 Å². The van der Waals surface area contributed by atoms with Gasteiger partial charge in [-0.2, -0.15) is 0 Å². The minimum atomic E-state index is 0.321. The summed E-state index contributed by atoms with van der Waals surface area (Å²) in [6.45, 7) is 0. The molecule has 13 heavy (non-hydrogen) atoms. The van der Waals surface area contributed by atoms with Gasteiger partial charge in [-0.25, -0.2) is 9.97 Å². The summed E-state index contributed by atoms with van der Waals surface area (Å²) in [7, 11) is 0. The highest BCUT2D eigenvalue weighted by atomic mass is 79.9. The Morgan fingerprint density at radius 3 is 2.54 bits per heavy atom. The van der Waals surface area contributed by atoms with E-state index in [4.69, 9.17) is 10.3 Å². The van der Waals surface area contributed by atoms with Crippen molar-refractivity contribution in [3.63, 3.8) is 0 Å². The lowest BCUT2D eigenvalue weighted by atomic mass is 10.4. The molecule has 0 bridgehead atoms. The first-order chi connectivity index (χ1) is 6.25. The highest BCUT2D eigenvalue weighted by Crippen LogP contribution is 2.17. The summed E-state index contributed by atoms with van der Waals surface area (Å²) in [6, 6.07) is 1.57. The first-order valence-electron chi connectivity index (χ1n) is 3.46. The van der Waals surface area contributed by atoms with Crippen LogP contribution in [0.4, 0.5) is 5.82 Å². The maximum atomic E-state index is 5.38. The second-order valence-electron chi connectivity index (χ2n) is 2.34. The largest absolute Gasteiger partial charge is 0.381 e. The highest BCUT2D eigenvalue weighted by molar-refractivity contribution is 9.10. The van der Waals surface area contributed by atoms with Crippen molar-refractivity contribution < 1.29 is 4.52 Å². The van der Waals surface area contributed by atoms with Crippen LogP contribution in [-0.2, 0) is 0 Å². The van der Waals surface area contributed by atoms with E-state index in [1.165, 1.54) is 0 Å². The van der Waals surface area contributed by atoms with Crippen molar-refractivity contribution in [1.29, 1.82) is 0 Å². The number of hydrogen-bond acceptors (Lipinski definition) is 5. The van der Waals surface area contributed by atoms with Gasteiger partial charge < -0.3 is 10.3 Å². The minimum absolute atomic E-state index is 0.321. The van der Waals surface area contributed by atoms with Gasteiger partial charge in [0, 0.05) is 18.5 Å². The maximum absolute atomic E-state index is 5.38. The summed E-state index contributed by atoms with van der Waals surface area (Å²) >= 11 is 3.23. The first kappa shape index (κ1) is 8.18. The molecule has 0 spiro atoms. The second-order valence-corrected chi connectivity index (χ2v) is 3.26. The van der Waals surface area contributed by atoms with E-state index in [2.05, 4.69) is 31.1 Å². The van der Waals surface area contributed by atoms with Crippen LogP contribution >= 0.6 is 15.9 Å². The second kappa shape index (κ2) is 3.14. The highest BCUT2D eigenvalue weighted by Gasteiger charge is 2.06. The van der Waals surface area contributed by atoms with Crippen molar-refractivity contribution in [2.75, 3.05) is 5.73 Å².